The Labute approximate surface area is 172 Å². The van der Waals surface area contributed by atoms with Crippen molar-refractivity contribution in [1.82, 2.24) is 9.97 Å². The number of thiazole rings is 1. The highest BCUT2D eigenvalue weighted by Gasteiger charge is 2.30. The molecule has 3 rings (SSSR count). The van der Waals surface area contributed by atoms with Crippen molar-refractivity contribution in [3.63, 3.8) is 0 Å². The second-order valence-corrected chi connectivity index (χ2v) is 7.95. The van der Waals surface area contributed by atoms with Crippen LogP contribution in [0.4, 0.5) is 18.3 Å². The molecule has 0 saturated carbocycles. The van der Waals surface area contributed by atoms with Gasteiger partial charge in [0.15, 0.2) is 5.13 Å². The summed E-state index contributed by atoms with van der Waals surface area (Å²) in [5.41, 5.74) is 0.782. The molecule has 3 aromatic rings. The van der Waals surface area contributed by atoms with Gasteiger partial charge in [0.2, 0.25) is 5.91 Å². The zero-order valence-electron chi connectivity index (χ0n) is 14.7. The highest BCUT2D eigenvalue weighted by molar-refractivity contribution is 7.99. The summed E-state index contributed by atoms with van der Waals surface area (Å²) in [7, 11) is 0. The Balaban J connectivity index is 1.50. The Bertz CT molecular complexity index is 1030. The van der Waals surface area contributed by atoms with Crippen LogP contribution in [-0.4, -0.2) is 21.6 Å². The third kappa shape index (κ3) is 6.04. The van der Waals surface area contributed by atoms with E-state index in [1.807, 2.05) is 12.1 Å². The summed E-state index contributed by atoms with van der Waals surface area (Å²) in [6.07, 6.45) is -1.39. The minimum Gasteiger partial charge on any atom is -0.301 e. The van der Waals surface area contributed by atoms with Crippen LogP contribution >= 0.6 is 23.1 Å². The number of benzene rings is 1. The van der Waals surface area contributed by atoms with Gasteiger partial charge in [-0.1, -0.05) is 23.9 Å². The third-order valence-electron chi connectivity index (χ3n) is 3.68. The van der Waals surface area contributed by atoms with E-state index in [9.17, 15) is 18.0 Å². The number of carbonyl (C=O) groups is 1. The van der Waals surface area contributed by atoms with Crippen LogP contribution < -0.4 is 5.32 Å². The smallest absolute Gasteiger partial charge is 0.301 e. The second-order valence-electron chi connectivity index (χ2n) is 5.84. The molecule has 0 aliphatic carbocycles. The van der Waals surface area contributed by atoms with Gasteiger partial charge in [0, 0.05) is 23.7 Å². The average molecular weight is 434 g/mol. The summed E-state index contributed by atoms with van der Waals surface area (Å²) < 4.78 is 37.6. The summed E-state index contributed by atoms with van der Waals surface area (Å²) in [4.78, 5) is 20.9. The number of halogens is 3. The van der Waals surface area contributed by atoms with Crippen molar-refractivity contribution in [3.8, 4) is 6.07 Å². The molecule has 0 aliphatic heterocycles. The molecule has 0 unspecified atom stereocenters. The number of nitriles is 1. The first-order chi connectivity index (χ1) is 13.8. The average Bonchev–Trinajstić information content (AvgIpc) is 3.13. The van der Waals surface area contributed by atoms with Gasteiger partial charge in [-0.15, -0.1) is 11.3 Å². The number of pyridine rings is 1. The number of aromatic nitrogens is 2. The van der Waals surface area contributed by atoms with E-state index >= 15 is 0 Å². The van der Waals surface area contributed by atoms with Crippen molar-refractivity contribution in [2.45, 2.75) is 17.6 Å². The predicted octanol–water partition coefficient (Wildman–Crippen LogP) is 4.75. The van der Waals surface area contributed by atoms with E-state index < -0.39 is 11.7 Å². The molecular formula is C19H13F3N4OS2. The van der Waals surface area contributed by atoms with Crippen molar-refractivity contribution in [2.24, 2.45) is 0 Å². The molecule has 29 heavy (non-hydrogen) atoms. The summed E-state index contributed by atoms with van der Waals surface area (Å²) in [6.45, 7) is 0. The molecule has 0 aliphatic rings. The standard InChI is InChI=1S/C19H13F3N4OS2/c20-19(21,22)14-5-6-17(24-9-14)28-11-16(27)26-18-25-10-15(29-18)7-12-1-3-13(8-23)4-2-12/h1-6,9-10H,7,11H2,(H,25,26,27). The zero-order valence-corrected chi connectivity index (χ0v) is 16.4. The first-order valence-corrected chi connectivity index (χ1v) is 10.0. The van der Waals surface area contributed by atoms with Crippen molar-refractivity contribution >= 4 is 34.1 Å². The lowest BCUT2D eigenvalue weighted by Gasteiger charge is -2.06. The first kappa shape index (κ1) is 20.8. The van der Waals surface area contributed by atoms with E-state index in [2.05, 4.69) is 21.4 Å². The maximum Gasteiger partial charge on any atom is 0.417 e. The van der Waals surface area contributed by atoms with Crippen molar-refractivity contribution in [1.29, 1.82) is 5.26 Å². The maximum absolute atomic E-state index is 12.5. The lowest BCUT2D eigenvalue weighted by Crippen LogP contribution is -2.13. The molecule has 0 spiro atoms. The van der Waals surface area contributed by atoms with E-state index in [0.29, 0.717) is 22.1 Å². The second kappa shape index (κ2) is 9.07. The molecule has 0 fully saturated rings. The van der Waals surface area contributed by atoms with E-state index in [0.717, 1.165) is 34.5 Å². The Hall–Kier alpha value is -2.90. The van der Waals surface area contributed by atoms with Crippen LogP contribution in [0.25, 0.3) is 0 Å². The molecule has 0 atom stereocenters. The van der Waals surface area contributed by atoms with Gasteiger partial charge >= 0.3 is 6.18 Å². The highest BCUT2D eigenvalue weighted by Crippen LogP contribution is 2.29. The molecule has 1 N–H and O–H groups in total. The number of hydrogen-bond acceptors (Lipinski definition) is 6. The van der Waals surface area contributed by atoms with E-state index in [-0.39, 0.29) is 11.7 Å². The number of amides is 1. The SMILES string of the molecule is N#Cc1ccc(Cc2cnc(NC(=O)CSc3ccc(C(F)(F)F)cn3)s2)cc1. The van der Waals surface area contributed by atoms with Crippen molar-refractivity contribution in [3.05, 3.63) is 70.4 Å². The molecule has 5 nitrogen and oxygen atoms in total. The number of thioether (sulfide) groups is 1. The maximum atomic E-state index is 12.5. The Morgan fingerprint density at radius 3 is 2.52 bits per heavy atom. The van der Waals surface area contributed by atoms with Crippen molar-refractivity contribution < 1.29 is 18.0 Å². The molecule has 10 heteroatoms. The molecular weight excluding hydrogens is 421 g/mol. The molecule has 0 radical (unpaired) electrons. The monoisotopic (exact) mass is 434 g/mol. The van der Waals surface area contributed by atoms with Gasteiger partial charge in [-0.3, -0.25) is 4.79 Å². The highest BCUT2D eigenvalue weighted by atomic mass is 32.2. The van der Waals surface area contributed by atoms with E-state index in [1.54, 1.807) is 18.3 Å². The van der Waals surface area contributed by atoms with E-state index in [1.165, 1.54) is 17.4 Å². The van der Waals surface area contributed by atoms with Crippen LogP contribution in [0, 0.1) is 11.3 Å². The molecule has 2 aromatic heterocycles. The first-order valence-electron chi connectivity index (χ1n) is 8.23. The molecule has 1 aromatic carbocycles. The van der Waals surface area contributed by atoms with Crippen LogP contribution in [-0.2, 0) is 17.4 Å². The largest absolute Gasteiger partial charge is 0.417 e. The number of rotatable bonds is 6. The van der Waals surface area contributed by atoms with Gasteiger partial charge < -0.3 is 5.32 Å². The van der Waals surface area contributed by atoms with Crippen LogP contribution in [0.1, 0.15) is 21.6 Å². The van der Waals surface area contributed by atoms with Gasteiger partial charge in [0.05, 0.1) is 28.0 Å². The lowest BCUT2D eigenvalue weighted by atomic mass is 10.1. The number of alkyl halides is 3. The van der Waals surface area contributed by atoms with Crippen LogP contribution in [0.3, 0.4) is 0 Å². The minimum absolute atomic E-state index is 0.00288. The van der Waals surface area contributed by atoms with E-state index in [4.69, 9.17) is 5.26 Å². The number of nitrogens with zero attached hydrogens (tertiary/aromatic N) is 3. The fraction of sp³-hybridized carbons (Fsp3) is 0.158. The van der Waals surface area contributed by atoms with Gasteiger partial charge in [-0.05, 0) is 29.8 Å². The third-order valence-corrected chi connectivity index (χ3v) is 5.53. The lowest BCUT2D eigenvalue weighted by molar-refractivity contribution is -0.137. The minimum atomic E-state index is -4.44. The topological polar surface area (TPSA) is 78.7 Å². The molecule has 0 saturated heterocycles. The van der Waals surface area contributed by atoms with Gasteiger partial charge in [0.25, 0.3) is 0 Å². The summed E-state index contributed by atoms with van der Waals surface area (Å²) in [6, 6.07) is 11.4. The van der Waals surface area contributed by atoms with Crippen LogP contribution in [0.15, 0.2) is 53.8 Å². The molecule has 0 bridgehead atoms. The van der Waals surface area contributed by atoms with Gasteiger partial charge in [0.1, 0.15) is 0 Å². The molecule has 2 heterocycles. The van der Waals surface area contributed by atoms with Gasteiger partial charge in [-0.2, -0.15) is 18.4 Å². The number of hydrogen-bond donors (Lipinski definition) is 1. The number of nitrogens with one attached hydrogen (secondary N) is 1. The quantitative estimate of drug-likeness (QED) is 0.567. The van der Waals surface area contributed by atoms with Crippen LogP contribution in [0.5, 0.6) is 0 Å². The van der Waals surface area contributed by atoms with Crippen molar-refractivity contribution in [2.75, 3.05) is 11.1 Å². The number of anilines is 1. The summed E-state index contributed by atoms with van der Waals surface area (Å²) in [5, 5.41) is 12.3. The number of carbonyl (C=O) groups excluding carboxylic acids is 1. The Morgan fingerprint density at radius 2 is 1.90 bits per heavy atom. The normalized spacial score (nSPS) is 11.1. The zero-order chi connectivity index (χ0) is 20.9. The fourth-order valence-corrected chi connectivity index (χ4v) is 3.78. The summed E-state index contributed by atoms with van der Waals surface area (Å²) >= 11 is 2.37. The van der Waals surface area contributed by atoms with Gasteiger partial charge in [-0.25, -0.2) is 9.97 Å². The van der Waals surface area contributed by atoms with Crippen LogP contribution in [0.2, 0.25) is 0 Å². The Kier molecular flexibility index (Phi) is 6.51. The predicted molar refractivity (Wildman–Crippen MR) is 105 cm³/mol. The molecule has 1 amide bonds. The molecule has 148 valence electrons. The Morgan fingerprint density at radius 1 is 1.14 bits per heavy atom. The summed E-state index contributed by atoms with van der Waals surface area (Å²) in [5.74, 6) is -0.320. The fourth-order valence-electron chi connectivity index (χ4n) is 2.27.